The molecule has 0 aliphatic carbocycles. The Hall–Kier alpha value is -3.82. The number of hydrogen-bond donors (Lipinski definition) is 1. The summed E-state index contributed by atoms with van der Waals surface area (Å²) in [5, 5.41) is 14.0. The number of nitrogens with one attached hydrogen (secondary N) is 1. The minimum atomic E-state index is -1.20. The van der Waals surface area contributed by atoms with Crippen LogP contribution in [0.25, 0.3) is 0 Å². The number of esters is 1. The molecule has 158 valence electrons. The Bertz CT molecular complexity index is 958. The van der Waals surface area contributed by atoms with Crippen LogP contribution in [0.2, 0.25) is 0 Å². The molecule has 0 bridgehead atoms. The third-order valence-corrected chi connectivity index (χ3v) is 4.16. The van der Waals surface area contributed by atoms with Crippen LogP contribution in [-0.4, -0.2) is 42.7 Å². The number of nitrogens with zero attached hydrogens (tertiary/aromatic N) is 1. The second-order valence-electron chi connectivity index (χ2n) is 6.26. The number of hydrogen-bond acceptors (Lipinski definition) is 8. The van der Waals surface area contributed by atoms with Crippen LogP contribution in [0.3, 0.4) is 0 Å². The monoisotopic (exact) mass is 416 g/mol. The van der Waals surface area contributed by atoms with Crippen LogP contribution >= 0.6 is 0 Å². The zero-order valence-corrected chi connectivity index (χ0v) is 16.4. The number of anilines is 1. The van der Waals surface area contributed by atoms with Gasteiger partial charge in [0.1, 0.15) is 24.5 Å². The Labute approximate surface area is 171 Å². The van der Waals surface area contributed by atoms with Crippen LogP contribution in [-0.2, 0) is 9.53 Å². The van der Waals surface area contributed by atoms with Gasteiger partial charge in [-0.1, -0.05) is 0 Å². The average molecular weight is 416 g/mol. The van der Waals surface area contributed by atoms with Crippen molar-refractivity contribution < 1.29 is 33.5 Å². The van der Waals surface area contributed by atoms with Crippen molar-refractivity contribution in [1.82, 2.24) is 0 Å². The van der Waals surface area contributed by atoms with Crippen LogP contribution in [0.4, 0.5) is 11.4 Å². The van der Waals surface area contributed by atoms with E-state index in [4.69, 9.17) is 18.9 Å². The van der Waals surface area contributed by atoms with Crippen molar-refractivity contribution in [3.63, 3.8) is 0 Å². The maximum absolute atomic E-state index is 12.5. The van der Waals surface area contributed by atoms with Crippen LogP contribution in [0.5, 0.6) is 17.2 Å². The number of nitro groups is 1. The number of rotatable bonds is 7. The Morgan fingerprint density at radius 1 is 1.17 bits per heavy atom. The molecule has 0 fully saturated rings. The molecule has 1 atom stereocenters. The summed E-state index contributed by atoms with van der Waals surface area (Å²) in [5.74, 6) is -0.585. The summed E-state index contributed by atoms with van der Waals surface area (Å²) in [6.07, 6.45) is -1.20. The number of nitro benzene ring substituents is 1. The first-order valence-electron chi connectivity index (χ1n) is 9.21. The molecule has 3 rings (SSSR count). The van der Waals surface area contributed by atoms with E-state index in [9.17, 15) is 19.7 Å². The smallest absolute Gasteiger partial charge is 0.346 e. The van der Waals surface area contributed by atoms with Crippen molar-refractivity contribution in [2.24, 2.45) is 0 Å². The Kier molecular flexibility index (Phi) is 6.35. The number of ether oxygens (including phenoxy) is 4. The molecule has 0 spiro atoms. The van der Waals surface area contributed by atoms with Crippen molar-refractivity contribution in [1.29, 1.82) is 0 Å². The molecular weight excluding hydrogens is 396 g/mol. The lowest BCUT2D eigenvalue weighted by molar-refractivity contribution is -0.385. The van der Waals surface area contributed by atoms with Crippen molar-refractivity contribution >= 4 is 23.3 Å². The molecule has 0 saturated carbocycles. The number of fused-ring (bicyclic) bond motifs is 1. The lowest BCUT2D eigenvalue weighted by atomic mass is 10.1. The largest absolute Gasteiger partial charge is 0.494 e. The molecule has 2 aromatic rings. The molecule has 1 amide bonds. The first-order chi connectivity index (χ1) is 14.4. The van der Waals surface area contributed by atoms with Crippen molar-refractivity contribution in [2.45, 2.75) is 20.0 Å². The minimum Gasteiger partial charge on any atom is -0.494 e. The Morgan fingerprint density at radius 3 is 2.40 bits per heavy atom. The molecule has 1 aliphatic rings. The Morgan fingerprint density at radius 2 is 1.80 bits per heavy atom. The molecule has 1 heterocycles. The standard InChI is InChI=1S/C20H20N2O8/c1-3-27-14-6-4-13(5-7-14)21-19(23)12(2)30-20(24)15-10-17-18(29-9-8-28-17)11-16(15)22(25)26/h4-7,10-12H,3,8-9H2,1-2H3,(H,21,23)/t12-/m1/s1. The fourth-order valence-corrected chi connectivity index (χ4v) is 2.72. The van der Waals surface area contributed by atoms with E-state index < -0.39 is 28.6 Å². The molecule has 1 aliphatic heterocycles. The molecule has 2 aromatic carbocycles. The maximum Gasteiger partial charge on any atom is 0.346 e. The topological polar surface area (TPSA) is 126 Å². The van der Waals surface area contributed by atoms with E-state index in [1.54, 1.807) is 24.3 Å². The lowest BCUT2D eigenvalue weighted by Gasteiger charge is -2.19. The highest BCUT2D eigenvalue weighted by atomic mass is 16.6. The Balaban J connectivity index is 1.70. The molecule has 30 heavy (non-hydrogen) atoms. The van der Waals surface area contributed by atoms with Crippen LogP contribution in [0.15, 0.2) is 36.4 Å². The fourth-order valence-electron chi connectivity index (χ4n) is 2.72. The highest BCUT2D eigenvalue weighted by molar-refractivity contribution is 5.99. The molecule has 0 aromatic heterocycles. The van der Waals surface area contributed by atoms with Gasteiger partial charge >= 0.3 is 5.97 Å². The lowest BCUT2D eigenvalue weighted by Crippen LogP contribution is -2.30. The predicted molar refractivity (Wildman–Crippen MR) is 105 cm³/mol. The van der Waals surface area contributed by atoms with Crippen molar-refractivity contribution in [3.05, 3.63) is 52.1 Å². The fraction of sp³-hybridized carbons (Fsp3) is 0.300. The number of benzene rings is 2. The van der Waals surface area contributed by atoms with Gasteiger partial charge in [0.05, 0.1) is 17.6 Å². The molecule has 1 N–H and O–H groups in total. The number of carbonyl (C=O) groups is 2. The molecular formula is C20H20N2O8. The van der Waals surface area contributed by atoms with E-state index >= 15 is 0 Å². The van der Waals surface area contributed by atoms with Crippen LogP contribution in [0.1, 0.15) is 24.2 Å². The van der Waals surface area contributed by atoms with Crippen molar-refractivity contribution in [3.8, 4) is 17.2 Å². The second kappa shape index (κ2) is 9.12. The molecule has 0 saturated heterocycles. The number of amides is 1. The van der Waals surface area contributed by atoms with Gasteiger partial charge < -0.3 is 24.3 Å². The van der Waals surface area contributed by atoms with Crippen molar-refractivity contribution in [2.75, 3.05) is 25.1 Å². The van der Waals surface area contributed by atoms with Gasteiger partial charge in [0.2, 0.25) is 0 Å². The zero-order valence-electron chi connectivity index (χ0n) is 16.4. The minimum absolute atomic E-state index is 0.172. The second-order valence-corrected chi connectivity index (χ2v) is 6.26. The molecule has 0 radical (unpaired) electrons. The zero-order chi connectivity index (χ0) is 21.7. The van der Waals surface area contributed by atoms with E-state index in [0.717, 1.165) is 6.07 Å². The molecule has 10 nitrogen and oxygen atoms in total. The van der Waals surface area contributed by atoms with Gasteiger partial charge in [-0.25, -0.2) is 4.79 Å². The summed E-state index contributed by atoms with van der Waals surface area (Å²) >= 11 is 0. The summed E-state index contributed by atoms with van der Waals surface area (Å²) in [4.78, 5) is 35.5. The highest BCUT2D eigenvalue weighted by Crippen LogP contribution is 2.37. The summed E-state index contributed by atoms with van der Waals surface area (Å²) in [6, 6.07) is 8.96. The summed E-state index contributed by atoms with van der Waals surface area (Å²) in [5.41, 5.74) is -0.343. The first kappa shape index (κ1) is 20.9. The summed E-state index contributed by atoms with van der Waals surface area (Å²) < 4.78 is 21.1. The average Bonchev–Trinajstić information content (AvgIpc) is 2.74. The van der Waals surface area contributed by atoms with E-state index in [0.29, 0.717) is 18.0 Å². The predicted octanol–water partition coefficient (Wildman–Crippen LogP) is 2.95. The molecule has 10 heteroatoms. The van der Waals surface area contributed by atoms with Crippen LogP contribution in [0, 0.1) is 10.1 Å². The van der Waals surface area contributed by atoms with Gasteiger partial charge in [-0.15, -0.1) is 0 Å². The maximum atomic E-state index is 12.5. The third kappa shape index (κ3) is 4.77. The van der Waals surface area contributed by atoms with E-state index in [1.165, 1.54) is 13.0 Å². The summed E-state index contributed by atoms with van der Waals surface area (Å²) in [7, 11) is 0. The van der Waals surface area contributed by atoms with Crippen LogP contribution < -0.4 is 19.5 Å². The van der Waals surface area contributed by atoms with Gasteiger partial charge in [0.15, 0.2) is 17.6 Å². The number of carbonyl (C=O) groups excluding carboxylic acids is 2. The van der Waals surface area contributed by atoms with Gasteiger partial charge in [-0.2, -0.15) is 0 Å². The van der Waals surface area contributed by atoms with Gasteiger partial charge in [0, 0.05) is 11.8 Å². The van der Waals surface area contributed by atoms with E-state index in [-0.39, 0.29) is 30.3 Å². The molecule has 0 unspecified atom stereocenters. The van der Waals surface area contributed by atoms with Gasteiger partial charge in [-0.05, 0) is 38.1 Å². The van der Waals surface area contributed by atoms with E-state index in [1.807, 2.05) is 6.92 Å². The highest BCUT2D eigenvalue weighted by Gasteiger charge is 2.29. The first-order valence-corrected chi connectivity index (χ1v) is 9.21. The third-order valence-electron chi connectivity index (χ3n) is 4.16. The quantitative estimate of drug-likeness (QED) is 0.415. The normalized spacial score (nSPS) is 13.1. The van der Waals surface area contributed by atoms with Gasteiger partial charge in [-0.3, -0.25) is 14.9 Å². The SMILES string of the molecule is CCOc1ccc(NC(=O)[C@@H](C)OC(=O)c2cc3c(cc2[N+](=O)[O-])OCCO3)cc1. The van der Waals surface area contributed by atoms with Gasteiger partial charge in [0.25, 0.3) is 11.6 Å². The summed E-state index contributed by atoms with van der Waals surface area (Å²) in [6.45, 7) is 4.24. The van der Waals surface area contributed by atoms with E-state index in [2.05, 4.69) is 5.32 Å².